The van der Waals surface area contributed by atoms with Crippen molar-refractivity contribution in [1.29, 1.82) is 0 Å². The van der Waals surface area contributed by atoms with Crippen LogP contribution >= 0.6 is 0 Å². The Balaban J connectivity index is 2.22. The highest BCUT2D eigenvalue weighted by Gasteiger charge is 2.19. The topological polar surface area (TPSA) is 35.2 Å². The third kappa shape index (κ3) is 4.23. The van der Waals surface area contributed by atoms with E-state index >= 15 is 0 Å². The Morgan fingerprint density at radius 3 is 2.50 bits per heavy atom. The second kappa shape index (κ2) is 6.54. The summed E-state index contributed by atoms with van der Waals surface area (Å²) in [5, 5.41) is 0. The number of hydrogen-bond acceptors (Lipinski definition) is 2. The highest BCUT2D eigenvalue weighted by Crippen LogP contribution is 2.25. The molecule has 2 N–H and O–H groups in total. The van der Waals surface area contributed by atoms with Crippen LogP contribution in [0.5, 0.6) is 5.75 Å². The van der Waals surface area contributed by atoms with Crippen LogP contribution < -0.4 is 10.5 Å². The van der Waals surface area contributed by atoms with Crippen molar-refractivity contribution >= 4 is 0 Å². The summed E-state index contributed by atoms with van der Waals surface area (Å²) in [6.07, 6.45) is 3.33. The summed E-state index contributed by atoms with van der Waals surface area (Å²) in [4.78, 5) is 0. The summed E-state index contributed by atoms with van der Waals surface area (Å²) in [6.45, 7) is 5.98. The van der Waals surface area contributed by atoms with Gasteiger partial charge in [-0.3, -0.25) is 0 Å². The molecule has 1 aromatic carbocycles. The van der Waals surface area contributed by atoms with Crippen molar-refractivity contribution in [2.45, 2.75) is 33.1 Å². The van der Waals surface area contributed by atoms with Crippen LogP contribution in [-0.4, -0.2) is 13.2 Å². The fourth-order valence-corrected chi connectivity index (χ4v) is 1.63. The van der Waals surface area contributed by atoms with Crippen molar-refractivity contribution in [3.63, 3.8) is 0 Å². The van der Waals surface area contributed by atoms with Crippen LogP contribution in [0.25, 0.3) is 0 Å². The van der Waals surface area contributed by atoms with E-state index in [9.17, 15) is 0 Å². The van der Waals surface area contributed by atoms with E-state index in [0.29, 0.717) is 0 Å². The molecule has 2 nitrogen and oxygen atoms in total. The third-order valence-electron chi connectivity index (χ3n) is 3.28. The van der Waals surface area contributed by atoms with Crippen molar-refractivity contribution in [2.24, 2.45) is 11.1 Å². The number of para-hydroxylation sites is 1. The SMILES string of the molecule is CCC(C)(CN)CCCOc1ccccc1. The van der Waals surface area contributed by atoms with Gasteiger partial charge < -0.3 is 10.5 Å². The summed E-state index contributed by atoms with van der Waals surface area (Å²) >= 11 is 0. The van der Waals surface area contributed by atoms with Gasteiger partial charge in [0, 0.05) is 0 Å². The second-order valence-electron chi connectivity index (χ2n) is 4.63. The van der Waals surface area contributed by atoms with Crippen molar-refractivity contribution in [3.8, 4) is 5.75 Å². The molecule has 0 amide bonds. The minimum atomic E-state index is 0.278. The first-order chi connectivity index (χ1) is 7.70. The lowest BCUT2D eigenvalue weighted by molar-refractivity contribution is 0.240. The summed E-state index contributed by atoms with van der Waals surface area (Å²) in [6, 6.07) is 9.95. The van der Waals surface area contributed by atoms with Gasteiger partial charge in [-0.2, -0.15) is 0 Å². The maximum Gasteiger partial charge on any atom is 0.119 e. The third-order valence-corrected chi connectivity index (χ3v) is 3.28. The van der Waals surface area contributed by atoms with Crippen LogP contribution in [0.3, 0.4) is 0 Å². The molecule has 0 saturated carbocycles. The molecule has 1 atom stereocenters. The molecule has 1 unspecified atom stereocenters. The molecular formula is C14H23NO. The summed E-state index contributed by atoms with van der Waals surface area (Å²) < 4.78 is 5.65. The molecule has 0 aliphatic carbocycles. The highest BCUT2D eigenvalue weighted by atomic mass is 16.5. The first-order valence-electron chi connectivity index (χ1n) is 6.08. The van der Waals surface area contributed by atoms with Gasteiger partial charge in [0.25, 0.3) is 0 Å². The summed E-state index contributed by atoms with van der Waals surface area (Å²) in [5.41, 5.74) is 6.05. The van der Waals surface area contributed by atoms with E-state index in [1.807, 2.05) is 30.3 Å². The van der Waals surface area contributed by atoms with Crippen LogP contribution in [0.2, 0.25) is 0 Å². The molecule has 90 valence electrons. The Morgan fingerprint density at radius 2 is 1.94 bits per heavy atom. The molecule has 2 heteroatoms. The molecule has 0 spiro atoms. The smallest absolute Gasteiger partial charge is 0.119 e. The van der Waals surface area contributed by atoms with Crippen LogP contribution in [-0.2, 0) is 0 Å². The first kappa shape index (κ1) is 13.0. The Labute approximate surface area is 98.8 Å². The van der Waals surface area contributed by atoms with Crippen LogP contribution in [0, 0.1) is 5.41 Å². The number of nitrogens with two attached hydrogens (primary N) is 1. The number of rotatable bonds is 7. The van der Waals surface area contributed by atoms with Crippen LogP contribution in [0.4, 0.5) is 0 Å². The highest BCUT2D eigenvalue weighted by molar-refractivity contribution is 5.20. The van der Waals surface area contributed by atoms with Gasteiger partial charge in [-0.05, 0) is 43.4 Å². The fourth-order valence-electron chi connectivity index (χ4n) is 1.63. The molecular weight excluding hydrogens is 198 g/mol. The van der Waals surface area contributed by atoms with E-state index in [4.69, 9.17) is 10.5 Å². The molecule has 0 bridgehead atoms. The number of benzene rings is 1. The van der Waals surface area contributed by atoms with Crippen LogP contribution in [0.15, 0.2) is 30.3 Å². The predicted molar refractivity (Wildman–Crippen MR) is 68.6 cm³/mol. The Bertz CT molecular complexity index is 280. The molecule has 0 heterocycles. The zero-order valence-electron chi connectivity index (χ0n) is 10.4. The monoisotopic (exact) mass is 221 g/mol. The Morgan fingerprint density at radius 1 is 1.25 bits per heavy atom. The maximum absolute atomic E-state index is 5.77. The zero-order chi connectivity index (χ0) is 11.9. The van der Waals surface area contributed by atoms with Crippen molar-refractivity contribution < 1.29 is 4.74 Å². The van der Waals surface area contributed by atoms with E-state index in [0.717, 1.165) is 38.2 Å². The van der Waals surface area contributed by atoms with Gasteiger partial charge in [-0.15, -0.1) is 0 Å². The molecule has 1 rings (SSSR count). The largest absolute Gasteiger partial charge is 0.494 e. The van der Waals surface area contributed by atoms with Crippen LogP contribution in [0.1, 0.15) is 33.1 Å². The van der Waals surface area contributed by atoms with E-state index < -0.39 is 0 Å². The predicted octanol–water partition coefficient (Wildman–Crippen LogP) is 3.22. The lowest BCUT2D eigenvalue weighted by atomic mass is 9.83. The minimum Gasteiger partial charge on any atom is -0.494 e. The standard InChI is InChI=1S/C14H23NO/c1-3-14(2,12-15)10-7-11-16-13-8-5-4-6-9-13/h4-6,8-9H,3,7,10-12,15H2,1-2H3. The lowest BCUT2D eigenvalue weighted by Gasteiger charge is -2.26. The normalized spacial score (nSPS) is 14.4. The first-order valence-corrected chi connectivity index (χ1v) is 6.08. The summed E-state index contributed by atoms with van der Waals surface area (Å²) in [5.74, 6) is 0.952. The van der Waals surface area contributed by atoms with E-state index in [2.05, 4.69) is 13.8 Å². The molecule has 1 aromatic rings. The molecule has 0 aliphatic heterocycles. The molecule has 0 saturated heterocycles. The van der Waals surface area contributed by atoms with E-state index in [-0.39, 0.29) is 5.41 Å². The lowest BCUT2D eigenvalue weighted by Crippen LogP contribution is -2.26. The van der Waals surface area contributed by atoms with Gasteiger partial charge in [-0.1, -0.05) is 32.0 Å². The number of hydrogen-bond donors (Lipinski definition) is 1. The average molecular weight is 221 g/mol. The molecule has 0 aromatic heterocycles. The van der Waals surface area contributed by atoms with Gasteiger partial charge in [-0.25, -0.2) is 0 Å². The average Bonchev–Trinajstić information content (AvgIpc) is 2.36. The van der Waals surface area contributed by atoms with E-state index in [1.54, 1.807) is 0 Å². The van der Waals surface area contributed by atoms with Crippen molar-refractivity contribution in [1.82, 2.24) is 0 Å². The van der Waals surface area contributed by atoms with Gasteiger partial charge in [0.2, 0.25) is 0 Å². The summed E-state index contributed by atoms with van der Waals surface area (Å²) in [7, 11) is 0. The Hall–Kier alpha value is -1.02. The number of ether oxygens (including phenoxy) is 1. The molecule has 16 heavy (non-hydrogen) atoms. The second-order valence-corrected chi connectivity index (χ2v) is 4.63. The maximum atomic E-state index is 5.77. The molecule has 0 fully saturated rings. The fraction of sp³-hybridized carbons (Fsp3) is 0.571. The molecule has 0 radical (unpaired) electrons. The van der Waals surface area contributed by atoms with Gasteiger partial charge in [0.1, 0.15) is 5.75 Å². The minimum absolute atomic E-state index is 0.278. The molecule has 0 aliphatic rings. The quantitative estimate of drug-likeness (QED) is 0.717. The van der Waals surface area contributed by atoms with Gasteiger partial charge in [0.05, 0.1) is 6.61 Å². The van der Waals surface area contributed by atoms with E-state index in [1.165, 1.54) is 0 Å². The van der Waals surface area contributed by atoms with Gasteiger partial charge >= 0.3 is 0 Å². The zero-order valence-corrected chi connectivity index (χ0v) is 10.4. The van der Waals surface area contributed by atoms with Crippen molar-refractivity contribution in [3.05, 3.63) is 30.3 Å². The van der Waals surface area contributed by atoms with Gasteiger partial charge in [0.15, 0.2) is 0 Å². The van der Waals surface area contributed by atoms with Crippen molar-refractivity contribution in [2.75, 3.05) is 13.2 Å². The Kier molecular flexibility index (Phi) is 5.33.